The average Bonchev–Trinajstić information content (AvgIpc) is 3.19. The van der Waals surface area contributed by atoms with Crippen LogP contribution in [0, 0.1) is 5.82 Å². The Morgan fingerprint density at radius 2 is 2.04 bits per heavy atom. The monoisotopic (exact) mass is 518 g/mol. The number of benzene rings is 1. The standard InChI is InChI=1S/C20H27FN4OS.HI/c1-22-20(23-13-16-5-6-19(21)17(12-16)15-26-2)25-9-7-24(8-10-25)14-18-4-3-11-27-18;/h3-6,11-12H,7-10,13-15H2,1-2H3,(H,22,23);1H. The van der Waals surface area contributed by atoms with Crippen LogP contribution in [0.1, 0.15) is 16.0 Å². The summed E-state index contributed by atoms with van der Waals surface area (Å²) in [4.78, 5) is 10.6. The summed E-state index contributed by atoms with van der Waals surface area (Å²) in [5.74, 6) is 0.662. The number of hydrogen-bond acceptors (Lipinski definition) is 4. The minimum Gasteiger partial charge on any atom is -0.380 e. The summed E-state index contributed by atoms with van der Waals surface area (Å²) in [5.41, 5.74) is 1.59. The summed E-state index contributed by atoms with van der Waals surface area (Å²) in [6.45, 7) is 5.85. The average molecular weight is 518 g/mol. The van der Waals surface area contributed by atoms with Crippen molar-refractivity contribution in [1.29, 1.82) is 0 Å². The van der Waals surface area contributed by atoms with Crippen LogP contribution in [0.2, 0.25) is 0 Å². The molecule has 0 radical (unpaired) electrons. The van der Waals surface area contributed by atoms with Gasteiger partial charge in [0, 0.05) is 63.9 Å². The lowest BCUT2D eigenvalue weighted by molar-refractivity contribution is 0.173. The predicted octanol–water partition coefficient (Wildman–Crippen LogP) is 3.54. The number of hydrogen-bond donors (Lipinski definition) is 1. The normalized spacial score (nSPS) is 15.4. The van der Waals surface area contributed by atoms with Gasteiger partial charge in [-0.05, 0) is 29.1 Å². The summed E-state index contributed by atoms with van der Waals surface area (Å²) in [6, 6.07) is 9.44. The van der Waals surface area contributed by atoms with Crippen molar-refractivity contribution in [2.75, 3.05) is 40.3 Å². The van der Waals surface area contributed by atoms with Gasteiger partial charge in [-0.2, -0.15) is 0 Å². The van der Waals surface area contributed by atoms with Crippen molar-refractivity contribution in [2.24, 2.45) is 4.99 Å². The molecule has 2 aromatic rings. The molecule has 1 aromatic heterocycles. The third kappa shape index (κ3) is 6.40. The highest BCUT2D eigenvalue weighted by atomic mass is 127. The molecule has 1 saturated heterocycles. The zero-order chi connectivity index (χ0) is 19.1. The molecule has 1 aliphatic rings. The Kier molecular flexibility index (Phi) is 9.63. The summed E-state index contributed by atoms with van der Waals surface area (Å²) in [6.07, 6.45) is 0. The van der Waals surface area contributed by atoms with E-state index in [0.29, 0.717) is 12.1 Å². The van der Waals surface area contributed by atoms with E-state index in [1.807, 2.05) is 17.4 Å². The third-order valence-corrected chi connectivity index (χ3v) is 5.56. The fourth-order valence-electron chi connectivity index (χ4n) is 3.26. The van der Waals surface area contributed by atoms with Gasteiger partial charge in [0.1, 0.15) is 5.82 Å². The number of ether oxygens (including phenoxy) is 1. The Hall–Kier alpha value is -1.23. The zero-order valence-corrected chi connectivity index (χ0v) is 19.5. The van der Waals surface area contributed by atoms with Crippen molar-refractivity contribution >= 4 is 41.3 Å². The third-order valence-electron chi connectivity index (χ3n) is 4.70. The smallest absolute Gasteiger partial charge is 0.194 e. The SMILES string of the molecule is CN=C(NCc1ccc(F)c(COC)c1)N1CCN(Cc2cccs2)CC1.I. The summed E-state index contributed by atoms with van der Waals surface area (Å²) < 4.78 is 18.8. The minimum absolute atomic E-state index is 0. The molecule has 0 spiro atoms. The van der Waals surface area contributed by atoms with E-state index in [2.05, 4.69) is 37.6 Å². The van der Waals surface area contributed by atoms with Gasteiger partial charge < -0.3 is 15.0 Å². The Morgan fingerprint density at radius 3 is 2.68 bits per heavy atom. The number of guanidine groups is 1. The second-order valence-corrected chi connectivity index (χ2v) is 7.63. The summed E-state index contributed by atoms with van der Waals surface area (Å²) in [5, 5.41) is 5.53. The fourth-order valence-corrected chi connectivity index (χ4v) is 4.00. The van der Waals surface area contributed by atoms with Crippen LogP contribution < -0.4 is 5.32 Å². The summed E-state index contributed by atoms with van der Waals surface area (Å²) >= 11 is 1.81. The Morgan fingerprint density at radius 1 is 1.25 bits per heavy atom. The first kappa shape index (κ1) is 23.1. The van der Waals surface area contributed by atoms with Crippen LogP contribution in [-0.4, -0.2) is 56.1 Å². The molecular weight excluding hydrogens is 490 g/mol. The first-order valence-corrected chi connectivity index (χ1v) is 10.0. The van der Waals surface area contributed by atoms with Crippen LogP contribution >= 0.6 is 35.3 Å². The first-order valence-electron chi connectivity index (χ1n) is 9.16. The van der Waals surface area contributed by atoms with Gasteiger partial charge in [-0.15, -0.1) is 35.3 Å². The van der Waals surface area contributed by atoms with Gasteiger partial charge in [0.05, 0.1) is 6.61 Å². The van der Waals surface area contributed by atoms with Crippen LogP contribution in [0.25, 0.3) is 0 Å². The topological polar surface area (TPSA) is 40.1 Å². The van der Waals surface area contributed by atoms with E-state index in [9.17, 15) is 4.39 Å². The molecule has 0 saturated carbocycles. The quantitative estimate of drug-likeness (QED) is 0.361. The second-order valence-electron chi connectivity index (χ2n) is 6.60. The van der Waals surface area contributed by atoms with Crippen LogP contribution in [0.15, 0.2) is 40.7 Å². The number of halogens is 2. The van der Waals surface area contributed by atoms with Crippen LogP contribution in [0.3, 0.4) is 0 Å². The lowest BCUT2D eigenvalue weighted by Gasteiger charge is -2.36. The van der Waals surface area contributed by atoms with Gasteiger partial charge in [0.25, 0.3) is 0 Å². The molecule has 1 aromatic carbocycles. The van der Waals surface area contributed by atoms with Gasteiger partial charge >= 0.3 is 0 Å². The number of rotatable bonds is 6. The molecule has 0 aliphatic carbocycles. The van der Waals surface area contributed by atoms with Gasteiger partial charge in [0.15, 0.2) is 5.96 Å². The molecule has 154 valence electrons. The van der Waals surface area contributed by atoms with Crippen molar-refractivity contribution in [3.63, 3.8) is 0 Å². The largest absolute Gasteiger partial charge is 0.380 e. The van der Waals surface area contributed by atoms with Crippen molar-refractivity contribution in [1.82, 2.24) is 15.1 Å². The van der Waals surface area contributed by atoms with Crippen molar-refractivity contribution in [3.05, 3.63) is 57.5 Å². The first-order chi connectivity index (χ1) is 13.2. The molecule has 0 amide bonds. The van der Waals surface area contributed by atoms with E-state index < -0.39 is 0 Å². The maximum Gasteiger partial charge on any atom is 0.194 e. The molecule has 1 N–H and O–H groups in total. The van der Waals surface area contributed by atoms with Crippen LogP contribution in [0.4, 0.5) is 4.39 Å². The number of nitrogens with zero attached hydrogens (tertiary/aromatic N) is 3. The Balaban J connectivity index is 0.00000280. The molecule has 2 heterocycles. The maximum atomic E-state index is 13.7. The predicted molar refractivity (Wildman–Crippen MR) is 124 cm³/mol. The maximum absolute atomic E-state index is 13.7. The molecule has 0 atom stereocenters. The highest BCUT2D eigenvalue weighted by Crippen LogP contribution is 2.14. The molecule has 8 heteroatoms. The second kappa shape index (κ2) is 11.7. The number of piperazine rings is 1. The van der Waals surface area contributed by atoms with E-state index >= 15 is 0 Å². The van der Waals surface area contributed by atoms with E-state index in [4.69, 9.17) is 4.74 Å². The molecule has 1 fully saturated rings. The highest BCUT2D eigenvalue weighted by molar-refractivity contribution is 14.0. The van der Waals surface area contributed by atoms with E-state index in [1.165, 1.54) is 10.9 Å². The molecule has 5 nitrogen and oxygen atoms in total. The van der Waals surface area contributed by atoms with Gasteiger partial charge in [0.2, 0.25) is 0 Å². The summed E-state index contributed by atoms with van der Waals surface area (Å²) in [7, 11) is 3.38. The Bertz CT molecular complexity index is 749. The lowest BCUT2D eigenvalue weighted by Crippen LogP contribution is -2.51. The molecule has 28 heavy (non-hydrogen) atoms. The van der Waals surface area contributed by atoms with Crippen LogP contribution in [-0.2, 0) is 24.4 Å². The van der Waals surface area contributed by atoms with Crippen molar-refractivity contribution in [3.8, 4) is 0 Å². The van der Waals surface area contributed by atoms with E-state index in [0.717, 1.165) is 44.2 Å². The van der Waals surface area contributed by atoms with E-state index in [1.54, 1.807) is 20.2 Å². The molecule has 0 unspecified atom stereocenters. The molecular formula is C20H28FIN4OS. The molecule has 1 aliphatic heterocycles. The van der Waals surface area contributed by atoms with Crippen LogP contribution in [0.5, 0.6) is 0 Å². The van der Waals surface area contributed by atoms with Crippen molar-refractivity contribution in [2.45, 2.75) is 19.7 Å². The minimum atomic E-state index is -0.230. The van der Waals surface area contributed by atoms with Crippen molar-refractivity contribution < 1.29 is 9.13 Å². The fraction of sp³-hybridized carbons (Fsp3) is 0.450. The highest BCUT2D eigenvalue weighted by Gasteiger charge is 2.19. The van der Waals surface area contributed by atoms with E-state index in [-0.39, 0.29) is 36.4 Å². The number of nitrogens with one attached hydrogen (secondary N) is 1. The Labute approximate surface area is 187 Å². The number of aliphatic imine (C=N–C) groups is 1. The lowest BCUT2D eigenvalue weighted by atomic mass is 10.1. The molecule has 0 bridgehead atoms. The van der Waals surface area contributed by atoms with Gasteiger partial charge in [-0.3, -0.25) is 9.89 Å². The van der Waals surface area contributed by atoms with Gasteiger partial charge in [-0.1, -0.05) is 12.1 Å². The molecule has 3 rings (SSSR count). The van der Waals surface area contributed by atoms with Gasteiger partial charge in [-0.25, -0.2) is 4.39 Å². The number of thiophene rings is 1. The zero-order valence-electron chi connectivity index (χ0n) is 16.4. The number of methoxy groups -OCH3 is 1.